The van der Waals surface area contributed by atoms with Crippen LogP contribution in [0.25, 0.3) is 16.9 Å². The molecule has 0 atom stereocenters. The van der Waals surface area contributed by atoms with Crippen LogP contribution in [0.4, 0.5) is 14.5 Å². The molecule has 0 saturated heterocycles. The molecular formula is C21H13F2N5O. The van der Waals surface area contributed by atoms with Crippen molar-refractivity contribution < 1.29 is 13.6 Å². The molecule has 0 aliphatic heterocycles. The summed E-state index contributed by atoms with van der Waals surface area (Å²) in [6.45, 7) is 0. The highest BCUT2D eigenvalue weighted by molar-refractivity contribution is 6.08. The summed E-state index contributed by atoms with van der Waals surface area (Å²) in [5.41, 5.74) is 1.20. The zero-order valence-electron chi connectivity index (χ0n) is 14.9. The number of halogens is 2. The largest absolute Gasteiger partial charge is 0.321 e. The average Bonchev–Trinajstić information content (AvgIpc) is 3.18. The Morgan fingerprint density at radius 2 is 1.83 bits per heavy atom. The van der Waals surface area contributed by atoms with E-state index in [1.54, 1.807) is 54.6 Å². The zero-order valence-corrected chi connectivity index (χ0v) is 14.9. The summed E-state index contributed by atoms with van der Waals surface area (Å²) in [6.07, 6.45) is -1.62. The minimum absolute atomic E-state index is 0.00796. The topological polar surface area (TPSA) is 83.1 Å². The van der Waals surface area contributed by atoms with E-state index in [0.717, 1.165) is 4.52 Å². The number of alkyl halides is 2. The minimum atomic E-state index is -2.81. The van der Waals surface area contributed by atoms with Gasteiger partial charge in [-0.15, -0.1) is 0 Å². The summed E-state index contributed by atoms with van der Waals surface area (Å²) in [7, 11) is 0. The zero-order chi connectivity index (χ0) is 20.4. The van der Waals surface area contributed by atoms with E-state index >= 15 is 0 Å². The Morgan fingerprint density at radius 3 is 2.55 bits per heavy atom. The van der Waals surface area contributed by atoms with Crippen molar-refractivity contribution in [2.45, 2.75) is 6.43 Å². The Hall–Kier alpha value is -4.12. The van der Waals surface area contributed by atoms with Gasteiger partial charge in [-0.1, -0.05) is 42.5 Å². The number of fused-ring (bicyclic) bond motifs is 1. The summed E-state index contributed by atoms with van der Waals surface area (Å²) >= 11 is 0. The quantitative estimate of drug-likeness (QED) is 0.559. The number of hydrogen-bond donors (Lipinski definition) is 1. The first-order chi connectivity index (χ1) is 14.1. The summed E-state index contributed by atoms with van der Waals surface area (Å²) in [5, 5.41) is 15.7. The fourth-order valence-electron chi connectivity index (χ4n) is 2.94. The van der Waals surface area contributed by atoms with E-state index in [0.29, 0.717) is 16.9 Å². The maximum absolute atomic E-state index is 13.6. The molecule has 0 saturated carbocycles. The van der Waals surface area contributed by atoms with E-state index in [1.165, 1.54) is 12.3 Å². The number of nitriles is 1. The van der Waals surface area contributed by atoms with Crippen LogP contribution in [0, 0.1) is 11.3 Å². The molecule has 0 fully saturated rings. The monoisotopic (exact) mass is 389 g/mol. The highest BCUT2D eigenvalue weighted by atomic mass is 19.3. The lowest BCUT2D eigenvalue weighted by Crippen LogP contribution is -2.13. The van der Waals surface area contributed by atoms with Gasteiger partial charge < -0.3 is 5.32 Å². The van der Waals surface area contributed by atoms with Crippen LogP contribution in [0.5, 0.6) is 0 Å². The third kappa shape index (κ3) is 3.41. The maximum Gasteiger partial charge on any atom is 0.280 e. The second-order valence-electron chi connectivity index (χ2n) is 6.14. The number of benzene rings is 2. The summed E-state index contributed by atoms with van der Waals surface area (Å²) in [6, 6.07) is 18.6. The van der Waals surface area contributed by atoms with Gasteiger partial charge in [-0.05, 0) is 18.2 Å². The Balaban J connectivity index is 1.82. The van der Waals surface area contributed by atoms with Crippen molar-refractivity contribution in [3.63, 3.8) is 0 Å². The molecule has 6 nitrogen and oxygen atoms in total. The van der Waals surface area contributed by atoms with Gasteiger partial charge in [-0.25, -0.2) is 18.3 Å². The van der Waals surface area contributed by atoms with Crippen molar-refractivity contribution in [3.05, 3.63) is 83.7 Å². The standard InChI is InChI=1S/C21H13F2N5O/c22-19(23)18-10-17(13-6-2-1-3-7-13)26-20-15(12-25-28(18)20)21(29)27-16-9-5-4-8-14(16)11-24/h1-10,12,19H,(H,27,29). The number of nitrogens with zero attached hydrogens (tertiary/aromatic N) is 4. The Labute approximate surface area is 164 Å². The smallest absolute Gasteiger partial charge is 0.280 e. The number of anilines is 1. The van der Waals surface area contributed by atoms with Crippen LogP contribution >= 0.6 is 0 Å². The first-order valence-corrected chi connectivity index (χ1v) is 8.61. The molecule has 4 aromatic rings. The second-order valence-corrected chi connectivity index (χ2v) is 6.14. The van der Waals surface area contributed by atoms with Crippen LogP contribution in [-0.4, -0.2) is 20.5 Å². The van der Waals surface area contributed by atoms with E-state index in [1.807, 2.05) is 6.07 Å². The Bertz CT molecular complexity index is 1250. The number of carbonyl (C=O) groups excluding carboxylic acids is 1. The van der Waals surface area contributed by atoms with Crippen LogP contribution in [-0.2, 0) is 0 Å². The fraction of sp³-hybridized carbons (Fsp3) is 0.0476. The van der Waals surface area contributed by atoms with Gasteiger partial charge in [0.1, 0.15) is 17.3 Å². The summed E-state index contributed by atoms with van der Waals surface area (Å²) < 4.78 is 28.2. The fourth-order valence-corrected chi connectivity index (χ4v) is 2.94. The molecule has 0 unspecified atom stereocenters. The number of hydrogen-bond acceptors (Lipinski definition) is 4. The highest BCUT2D eigenvalue weighted by Gasteiger charge is 2.22. The predicted octanol–water partition coefficient (Wildman–Crippen LogP) is 4.46. The van der Waals surface area contributed by atoms with E-state index in [2.05, 4.69) is 15.4 Å². The van der Waals surface area contributed by atoms with Gasteiger partial charge >= 0.3 is 0 Å². The Morgan fingerprint density at radius 1 is 1.10 bits per heavy atom. The number of rotatable bonds is 4. The maximum atomic E-state index is 13.6. The number of carbonyl (C=O) groups is 1. The number of aromatic nitrogens is 3. The van der Waals surface area contributed by atoms with Crippen LogP contribution in [0.2, 0.25) is 0 Å². The number of nitrogens with one attached hydrogen (secondary N) is 1. The minimum Gasteiger partial charge on any atom is -0.321 e. The van der Waals surface area contributed by atoms with Crippen molar-refractivity contribution in [1.82, 2.24) is 14.6 Å². The summed E-state index contributed by atoms with van der Waals surface area (Å²) in [5.74, 6) is -0.597. The number of para-hydroxylation sites is 1. The highest BCUT2D eigenvalue weighted by Crippen LogP contribution is 2.27. The molecule has 142 valence electrons. The third-order valence-corrected chi connectivity index (χ3v) is 4.33. The van der Waals surface area contributed by atoms with E-state index in [4.69, 9.17) is 0 Å². The lowest BCUT2D eigenvalue weighted by Gasteiger charge is -2.09. The molecule has 8 heteroatoms. The van der Waals surface area contributed by atoms with Crippen molar-refractivity contribution >= 4 is 17.2 Å². The average molecular weight is 389 g/mol. The molecule has 2 aromatic heterocycles. The van der Waals surface area contributed by atoms with Crippen molar-refractivity contribution in [3.8, 4) is 17.3 Å². The van der Waals surface area contributed by atoms with Gasteiger partial charge in [0.05, 0.1) is 23.1 Å². The Kier molecular flexibility index (Phi) is 4.71. The first kappa shape index (κ1) is 18.3. The van der Waals surface area contributed by atoms with E-state index in [-0.39, 0.29) is 22.5 Å². The number of amides is 1. The second kappa shape index (κ2) is 7.48. The van der Waals surface area contributed by atoms with Gasteiger partial charge in [0, 0.05) is 5.56 Å². The lowest BCUT2D eigenvalue weighted by molar-refractivity contribution is 0.102. The molecule has 2 heterocycles. The molecule has 0 spiro atoms. The molecule has 29 heavy (non-hydrogen) atoms. The first-order valence-electron chi connectivity index (χ1n) is 8.61. The normalized spacial score (nSPS) is 10.8. The molecule has 1 N–H and O–H groups in total. The predicted molar refractivity (Wildman–Crippen MR) is 102 cm³/mol. The van der Waals surface area contributed by atoms with Gasteiger partial charge in [-0.3, -0.25) is 4.79 Å². The molecule has 0 aliphatic rings. The molecule has 0 radical (unpaired) electrons. The van der Waals surface area contributed by atoms with Gasteiger partial charge in [-0.2, -0.15) is 10.4 Å². The van der Waals surface area contributed by atoms with Crippen molar-refractivity contribution in [1.29, 1.82) is 5.26 Å². The molecule has 1 amide bonds. The molecular weight excluding hydrogens is 376 g/mol. The van der Waals surface area contributed by atoms with Crippen LogP contribution < -0.4 is 5.32 Å². The van der Waals surface area contributed by atoms with Gasteiger partial charge in [0.2, 0.25) is 0 Å². The van der Waals surface area contributed by atoms with E-state index < -0.39 is 12.3 Å². The van der Waals surface area contributed by atoms with Crippen LogP contribution in [0.3, 0.4) is 0 Å². The van der Waals surface area contributed by atoms with Crippen LogP contribution in [0.15, 0.2) is 66.9 Å². The third-order valence-electron chi connectivity index (χ3n) is 4.33. The van der Waals surface area contributed by atoms with Gasteiger partial charge in [0.15, 0.2) is 5.65 Å². The lowest BCUT2D eigenvalue weighted by atomic mass is 10.1. The molecule has 2 aromatic carbocycles. The van der Waals surface area contributed by atoms with E-state index in [9.17, 15) is 18.8 Å². The molecule has 0 bridgehead atoms. The van der Waals surface area contributed by atoms with Crippen molar-refractivity contribution in [2.75, 3.05) is 5.32 Å². The molecule has 4 rings (SSSR count). The van der Waals surface area contributed by atoms with Crippen molar-refractivity contribution in [2.24, 2.45) is 0 Å². The summed E-state index contributed by atoms with van der Waals surface area (Å²) in [4.78, 5) is 17.2. The van der Waals surface area contributed by atoms with Crippen LogP contribution in [0.1, 0.15) is 28.0 Å². The molecule has 0 aliphatic carbocycles. The van der Waals surface area contributed by atoms with Gasteiger partial charge in [0.25, 0.3) is 12.3 Å². The SMILES string of the molecule is N#Cc1ccccc1NC(=O)c1cnn2c(C(F)F)cc(-c3ccccc3)nc12.